The van der Waals surface area contributed by atoms with Crippen LogP contribution < -0.4 is 19.5 Å². The molecule has 0 bridgehead atoms. The number of hydrogen-bond acceptors (Lipinski definition) is 5. The molecule has 196 valence electrons. The molecular formula is C28H34N4O4S. The number of carbonyl (C=O) groups is 1. The molecule has 1 aliphatic carbocycles. The van der Waals surface area contributed by atoms with Crippen molar-refractivity contribution < 1.29 is 17.9 Å². The molecule has 4 rings (SSSR count). The molecule has 1 saturated carbocycles. The second kappa shape index (κ2) is 12.3. The number of pyridine rings is 1. The number of hydrogen-bond donors (Lipinski definition) is 3. The summed E-state index contributed by atoms with van der Waals surface area (Å²) in [5.41, 5.74) is 2.38. The largest absolute Gasteiger partial charge is 0.496 e. The van der Waals surface area contributed by atoms with Gasteiger partial charge in [-0.3, -0.25) is 9.78 Å². The van der Waals surface area contributed by atoms with E-state index < -0.39 is 10.2 Å². The Bertz CT molecular complexity index is 1260. The molecule has 1 aromatic heterocycles. The maximum atomic E-state index is 13.0. The molecule has 0 spiro atoms. The van der Waals surface area contributed by atoms with Crippen molar-refractivity contribution in [3.8, 4) is 5.75 Å². The van der Waals surface area contributed by atoms with Crippen molar-refractivity contribution in [1.29, 1.82) is 0 Å². The van der Waals surface area contributed by atoms with Gasteiger partial charge >= 0.3 is 0 Å². The SMILES string of the molecule is COc1ccccc1C(=O)NCC1(c2ccccc2)CCC(NS(=O)(=O)NCCc2ccncc2)CC1. The Hall–Kier alpha value is -3.27. The third-order valence-corrected chi connectivity index (χ3v) is 8.27. The summed E-state index contributed by atoms with van der Waals surface area (Å²) in [5.74, 6) is 0.345. The van der Waals surface area contributed by atoms with Crippen LogP contribution in [0, 0.1) is 0 Å². The fourth-order valence-electron chi connectivity index (χ4n) is 4.96. The van der Waals surface area contributed by atoms with Crippen LogP contribution in [0.1, 0.15) is 47.2 Å². The Balaban J connectivity index is 1.37. The Labute approximate surface area is 219 Å². The van der Waals surface area contributed by atoms with E-state index in [2.05, 4.69) is 31.9 Å². The second-order valence-electron chi connectivity index (χ2n) is 9.42. The average Bonchev–Trinajstić information content (AvgIpc) is 2.93. The molecule has 2 aromatic carbocycles. The highest BCUT2D eigenvalue weighted by molar-refractivity contribution is 7.87. The summed E-state index contributed by atoms with van der Waals surface area (Å²) in [7, 11) is -2.07. The van der Waals surface area contributed by atoms with Crippen LogP contribution in [0.15, 0.2) is 79.1 Å². The third-order valence-electron chi connectivity index (χ3n) is 7.04. The maximum absolute atomic E-state index is 13.0. The zero-order valence-corrected chi connectivity index (χ0v) is 21.8. The lowest BCUT2D eigenvalue weighted by molar-refractivity contribution is 0.0932. The summed E-state index contributed by atoms with van der Waals surface area (Å²) in [6.45, 7) is 0.770. The van der Waals surface area contributed by atoms with Crippen molar-refractivity contribution in [1.82, 2.24) is 19.7 Å². The molecule has 0 saturated heterocycles. The molecule has 3 N–H and O–H groups in total. The van der Waals surface area contributed by atoms with Crippen LogP contribution >= 0.6 is 0 Å². The van der Waals surface area contributed by atoms with Gasteiger partial charge in [-0.1, -0.05) is 42.5 Å². The zero-order chi connectivity index (χ0) is 26.1. The van der Waals surface area contributed by atoms with Crippen LogP contribution in [0.2, 0.25) is 0 Å². The lowest BCUT2D eigenvalue weighted by Crippen LogP contribution is -2.49. The van der Waals surface area contributed by atoms with Gasteiger partial charge in [0.2, 0.25) is 0 Å². The van der Waals surface area contributed by atoms with Crippen LogP contribution in [-0.4, -0.2) is 45.6 Å². The van der Waals surface area contributed by atoms with Crippen molar-refractivity contribution >= 4 is 16.1 Å². The number of rotatable bonds is 11. The van der Waals surface area contributed by atoms with Gasteiger partial charge in [-0.2, -0.15) is 13.1 Å². The summed E-state index contributed by atoms with van der Waals surface area (Å²) in [5, 5.41) is 3.11. The highest BCUT2D eigenvalue weighted by Gasteiger charge is 2.38. The number of nitrogens with one attached hydrogen (secondary N) is 3. The predicted molar refractivity (Wildman–Crippen MR) is 144 cm³/mol. The van der Waals surface area contributed by atoms with Gasteiger partial charge in [-0.05, 0) is 67.5 Å². The van der Waals surface area contributed by atoms with Gasteiger partial charge in [0.05, 0.1) is 12.7 Å². The number of amides is 1. The summed E-state index contributed by atoms with van der Waals surface area (Å²) < 4.78 is 36.1. The van der Waals surface area contributed by atoms with Crippen LogP contribution in [-0.2, 0) is 22.0 Å². The van der Waals surface area contributed by atoms with Crippen molar-refractivity contribution in [3.05, 3.63) is 95.8 Å². The first-order valence-corrected chi connectivity index (χ1v) is 14.0. The molecule has 1 amide bonds. The first-order valence-electron chi connectivity index (χ1n) is 12.5. The van der Waals surface area contributed by atoms with Crippen molar-refractivity contribution in [2.45, 2.75) is 43.6 Å². The summed E-state index contributed by atoms with van der Waals surface area (Å²) in [6.07, 6.45) is 6.82. The van der Waals surface area contributed by atoms with E-state index >= 15 is 0 Å². The van der Waals surface area contributed by atoms with Crippen LogP contribution in [0.3, 0.4) is 0 Å². The molecule has 1 heterocycles. The predicted octanol–water partition coefficient (Wildman–Crippen LogP) is 3.37. The van der Waals surface area contributed by atoms with E-state index in [1.54, 1.807) is 31.6 Å². The molecule has 0 unspecified atom stereocenters. The van der Waals surface area contributed by atoms with Gasteiger partial charge in [0.25, 0.3) is 16.1 Å². The van der Waals surface area contributed by atoms with E-state index in [0.29, 0.717) is 43.7 Å². The average molecular weight is 523 g/mol. The van der Waals surface area contributed by atoms with E-state index in [-0.39, 0.29) is 17.4 Å². The smallest absolute Gasteiger partial charge is 0.277 e. The van der Waals surface area contributed by atoms with Gasteiger partial charge in [-0.25, -0.2) is 4.72 Å². The Morgan fingerprint density at radius 3 is 2.38 bits per heavy atom. The first-order chi connectivity index (χ1) is 17.9. The fraction of sp³-hybridized carbons (Fsp3) is 0.357. The lowest BCUT2D eigenvalue weighted by Gasteiger charge is -2.41. The molecule has 0 radical (unpaired) electrons. The van der Waals surface area contributed by atoms with E-state index in [0.717, 1.165) is 24.0 Å². The van der Waals surface area contributed by atoms with Crippen LogP contribution in [0.25, 0.3) is 0 Å². The van der Waals surface area contributed by atoms with E-state index in [1.807, 2.05) is 42.5 Å². The van der Waals surface area contributed by atoms with Gasteiger partial charge in [0, 0.05) is 36.9 Å². The number of methoxy groups -OCH3 is 1. The maximum Gasteiger partial charge on any atom is 0.277 e. The number of nitrogens with zero attached hydrogens (tertiary/aromatic N) is 1. The molecule has 0 atom stereocenters. The third kappa shape index (κ3) is 7.15. The number of benzene rings is 2. The lowest BCUT2D eigenvalue weighted by atomic mass is 9.68. The molecular weight excluding hydrogens is 488 g/mol. The first kappa shape index (κ1) is 26.8. The molecule has 9 heteroatoms. The molecule has 8 nitrogen and oxygen atoms in total. The van der Waals surface area contributed by atoms with E-state index in [1.165, 1.54) is 0 Å². The number of carbonyl (C=O) groups excluding carboxylic acids is 1. The zero-order valence-electron chi connectivity index (χ0n) is 21.0. The standard InChI is InChI=1S/C28H34N4O4S/c1-36-26-10-6-5-9-25(26)27(33)30-21-28(23-7-3-2-4-8-23)16-11-24(12-17-28)32-37(34,35)31-20-15-22-13-18-29-19-14-22/h2-10,13-14,18-19,24,31-32H,11-12,15-17,20-21H2,1H3,(H,30,33). The topological polar surface area (TPSA) is 109 Å². The van der Waals surface area contributed by atoms with Gasteiger partial charge in [0.15, 0.2) is 0 Å². The van der Waals surface area contributed by atoms with Crippen LogP contribution in [0.4, 0.5) is 0 Å². The molecule has 3 aromatic rings. The quantitative estimate of drug-likeness (QED) is 0.358. The minimum absolute atomic E-state index is 0.166. The number of aromatic nitrogens is 1. The minimum atomic E-state index is -3.62. The number of para-hydroxylation sites is 1. The minimum Gasteiger partial charge on any atom is -0.496 e. The Kier molecular flexibility index (Phi) is 8.91. The molecule has 1 fully saturated rings. The highest BCUT2D eigenvalue weighted by Crippen LogP contribution is 2.39. The fourth-order valence-corrected chi connectivity index (χ4v) is 6.09. The Morgan fingerprint density at radius 2 is 1.68 bits per heavy atom. The summed E-state index contributed by atoms with van der Waals surface area (Å²) in [6, 6.07) is 20.9. The van der Waals surface area contributed by atoms with Crippen LogP contribution in [0.5, 0.6) is 5.75 Å². The summed E-state index contributed by atoms with van der Waals surface area (Å²) in [4.78, 5) is 17.0. The monoisotopic (exact) mass is 522 g/mol. The number of ether oxygens (including phenoxy) is 1. The van der Waals surface area contributed by atoms with Crippen molar-refractivity contribution in [2.75, 3.05) is 20.2 Å². The van der Waals surface area contributed by atoms with Crippen molar-refractivity contribution in [2.24, 2.45) is 0 Å². The molecule has 1 aliphatic rings. The molecule has 0 aliphatic heterocycles. The summed E-state index contributed by atoms with van der Waals surface area (Å²) >= 11 is 0. The van der Waals surface area contributed by atoms with Gasteiger partial charge < -0.3 is 10.1 Å². The highest BCUT2D eigenvalue weighted by atomic mass is 32.2. The Morgan fingerprint density at radius 1 is 1.00 bits per heavy atom. The van der Waals surface area contributed by atoms with E-state index in [9.17, 15) is 13.2 Å². The van der Waals surface area contributed by atoms with Crippen molar-refractivity contribution in [3.63, 3.8) is 0 Å². The normalized spacial score (nSPS) is 19.8. The van der Waals surface area contributed by atoms with E-state index in [4.69, 9.17) is 4.74 Å². The van der Waals surface area contributed by atoms with Gasteiger partial charge in [-0.15, -0.1) is 0 Å². The van der Waals surface area contributed by atoms with Gasteiger partial charge in [0.1, 0.15) is 5.75 Å². The molecule has 37 heavy (non-hydrogen) atoms. The second-order valence-corrected chi connectivity index (χ2v) is 11.0.